The third kappa shape index (κ3) is 3.84. The van der Waals surface area contributed by atoms with Crippen LogP contribution in [0.4, 0.5) is 5.69 Å². The zero-order valence-electron chi connectivity index (χ0n) is 22.1. The van der Waals surface area contributed by atoms with Crippen LogP contribution in [0.5, 0.6) is 5.75 Å². The number of carbonyl (C=O) groups excluding carboxylic acids is 3. The number of nitro benzene ring substituents is 1. The van der Waals surface area contributed by atoms with E-state index < -0.39 is 68.7 Å². The average molecular weight is 565 g/mol. The summed E-state index contributed by atoms with van der Waals surface area (Å²) in [5.41, 5.74) is 8.15. The summed E-state index contributed by atoms with van der Waals surface area (Å²) in [7, 11) is 3.08. The van der Waals surface area contributed by atoms with Gasteiger partial charge in [-0.15, -0.1) is 0 Å². The molecule has 0 bridgehead atoms. The maximum atomic E-state index is 14.0. The van der Waals surface area contributed by atoms with Gasteiger partial charge in [-0.05, 0) is 55.6 Å². The highest BCUT2D eigenvalue weighted by atomic mass is 16.6. The number of aliphatic hydroxyl groups is 3. The number of phenolic OH excluding ortho intramolecular Hbond substituents is 1. The van der Waals surface area contributed by atoms with Gasteiger partial charge in [0.1, 0.15) is 22.8 Å². The maximum absolute atomic E-state index is 14.0. The first kappa shape index (κ1) is 28.0. The normalized spacial score (nSPS) is 25.6. The number of fused-ring (bicyclic) bond motifs is 3. The third-order valence-corrected chi connectivity index (χ3v) is 8.39. The van der Waals surface area contributed by atoms with E-state index in [1.54, 1.807) is 26.2 Å². The van der Waals surface area contributed by atoms with E-state index in [0.717, 1.165) is 0 Å². The summed E-state index contributed by atoms with van der Waals surface area (Å²) in [5, 5.41) is 56.6. The molecular formula is C28H28N4O9. The second-order valence-corrected chi connectivity index (χ2v) is 10.8. The van der Waals surface area contributed by atoms with Crippen molar-refractivity contribution < 1.29 is 39.7 Å². The highest BCUT2D eigenvalue weighted by molar-refractivity contribution is 6.25. The van der Waals surface area contributed by atoms with Crippen LogP contribution in [0.1, 0.15) is 27.9 Å². The summed E-state index contributed by atoms with van der Waals surface area (Å²) in [4.78, 5) is 51.9. The lowest BCUT2D eigenvalue weighted by molar-refractivity contribution is -0.384. The Morgan fingerprint density at radius 2 is 1.88 bits per heavy atom. The number of hydrogen-bond acceptors (Lipinski definition) is 11. The minimum absolute atomic E-state index is 0.0327. The summed E-state index contributed by atoms with van der Waals surface area (Å²) in [6.07, 6.45) is -0.0511. The fourth-order valence-electron chi connectivity index (χ4n) is 6.57. The van der Waals surface area contributed by atoms with Crippen molar-refractivity contribution in [3.63, 3.8) is 0 Å². The van der Waals surface area contributed by atoms with Crippen LogP contribution in [0.3, 0.4) is 0 Å². The minimum atomic E-state index is -2.76. The van der Waals surface area contributed by atoms with Gasteiger partial charge in [0.15, 0.2) is 11.4 Å². The Hall–Kier alpha value is -4.59. The smallest absolute Gasteiger partial charge is 0.270 e. The van der Waals surface area contributed by atoms with Crippen molar-refractivity contribution in [2.45, 2.75) is 31.0 Å². The molecule has 2 aromatic carbocycles. The number of aliphatic hydroxyl groups excluding tert-OH is 2. The average Bonchev–Trinajstić information content (AvgIpc) is 2.90. The molecule has 13 nitrogen and oxygen atoms in total. The molecule has 3 aliphatic rings. The zero-order valence-corrected chi connectivity index (χ0v) is 22.1. The number of carbonyl (C=O) groups is 3. The van der Waals surface area contributed by atoms with Crippen LogP contribution in [-0.4, -0.2) is 73.5 Å². The highest BCUT2D eigenvalue weighted by Gasteiger charge is 2.63. The first-order valence-corrected chi connectivity index (χ1v) is 12.7. The summed E-state index contributed by atoms with van der Waals surface area (Å²) in [6.45, 7) is -0.191. The molecule has 214 valence electrons. The van der Waals surface area contributed by atoms with Crippen LogP contribution in [-0.2, 0) is 22.6 Å². The number of allylic oxidation sites excluding steroid dienone is 1. The summed E-state index contributed by atoms with van der Waals surface area (Å²) in [6, 6.07) is 6.17. The largest absolute Gasteiger partial charge is 0.510 e. The molecule has 1 amide bonds. The van der Waals surface area contributed by atoms with E-state index in [4.69, 9.17) is 11.5 Å². The van der Waals surface area contributed by atoms with Gasteiger partial charge in [-0.1, -0.05) is 12.1 Å². The predicted molar refractivity (Wildman–Crippen MR) is 144 cm³/mol. The molecule has 41 heavy (non-hydrogen) atoms. The number of primary amides is 1. The van der Waals surface area contributed by atoms with Gasteiger partial charge in [0.25, 0.3) is 11.6 Å². The second-order valence-electron chi connectivity index (χ2n) is 10.8. The number of non-ortho nitro benzene ring substituents is 1. The Kier molecular flexibility index (Phi) is 6.48. The second kappa shape index (κ2) is 9.51. The molecule has 5 rings (SSSR count). The number of rotatable bonds is 5. The Morgan fingerprint density at radius 1 is 1.20 bits per heavy atom. The number of amides is 1. The molecule has 0 radical (unpaired) electrons. The molecule has 8 N–H and O–H groups in total. The number of nitrogens with two attached hydrogens (primary N) is 2. The van der Waals surface area contributed by atoms with Gasteiger partial charge >= 0.3 is 0 Å². The Bertz CT molecular complexity index is 1630. The van der Waals surface area contributed by atoms with Crippen LogP contribution < -0.4 is 11.5 Å². The van der Waals surface area contributed by atoms with E-state index in [1.807, 2.05) is 0 Å². The topological polar surface area (TPSA) is 231 Å². The van der Waals surface area contributed by atoms with Crippen LogP contribution in [0.25, 0.3) is 11.1 Å². The van der Waals surface area contributed by atoms with Crippen molar-refractivity contribution in [2.24, 2.45) is 23.3 Å². The van der Waals surface area contributed by atoms with Crippen molar-refractivity contribution in [3.8, 4) is 16.9 Å². The van der Waals surface area contributed by atoms with Gasteiger partial charge in [0.2, 0.25) is 5.78 Å². The number of aromatic hydroxyl groups is 1. The lowest BCUT2D eigenvalue weighted by Crippen LogP contribution is -2.63. The Balaban J connectivity index is 1.76. The van der Waals surface area contributed by atoms with Gasteiger partial charge in [-0.25, -0.2) is 0 Å². The van der Waals surface area contributed by atoms with E-state index in [1.165, 1.54) is 23.1 Å². The van der Waals surface area contributed by atoms with Crippen LogP contribution in [0.2, 0.25) is 0 Å². The standard InChI is InChI=1S/C28H28N4O9/c1-31(2)21-17-9-12-7-16-15(11-4-3-5-14(6-11)32(40)41)8-13(10-29)22(33)19(16)23(34)18(12)25(36)28(17,39)26(37)20(24(21)35)27(30)38/h3-6,8,12,17,21,33,35-36,39H,7,9-10,29H2,1-2H3,(H2,30,38)/t12-,17-,21-,28-/m1/s1. The number of nitrogens with zero attached hydrogens (tertiary/aromatic N) is 2. The fraction of sp³-hybridized carbons (Fsp3) is 0.321. The first-order valence-electron chi connectivity index (χ1n) is 12.7. The van der Waals surface area contributed by atoms with Crippen molar-refractivity contribution in [3.05, 3.63) is 79.8 Å². The van der Waals surface area contributed by atoms with Gasteiger partial charge in [0, 0.05) is 35.7 Å². The molecule has 0 fully saturated rings. The molecule has 0 saturated heterocycles. The van der Waals surface area contributed by atoms with Crippen LogP contribution in [0.15, 0.2) is 53.0 Å². The number of ketones is 2. The van der Waals surface area contributed by atoms with Crippen molar-refractivity contribution in [1.82, 2.24) is 4.90 Å². The number of Topliss-reactive ketones (excluding diaryl/α,β-unsaturated/α-hetero) is 2. The number of phenols is 1. The van der Waals surface area contributed by atoms with Gasteiger partial charge in [-0.3, -0.25) is 29.4 Å². The van der Waals surface area contributed by atoms with Gasteiger partial charge in [0.05, 0.1) is 16.5 Å². The first-order chi connectivity index (χ1) is 19.2. The number of nitro groups is 1. The van der Waals surface area contributed by atoms with E-state index in [0.29, 0.717) is 16.7 Å². The summed E-state index contributed by atoms with van der Waals surface area (Å²) in [5.74, 6) is -7.56. The zero-order chi connectivity index (χ0) is 30.1. The SMILES string of the molecule is CN(C)[C@H]1C(O)=C(C(N)=O)C(=O)[C@]2(O)C(O)=C3C(=O)c4c(O)c(CN)cc(-c5cccc([N+](=O)[O-])c5)c4C[C@@H]3C[C@H]12. The molecule has 0 heterocycles. The molecule has 0 saturated carbocycles. The number of likely N-dealkylation sites (N-methyl/N-ethyl adjacent to an activating group) is 1. The summed E-state index contributed by atoms with van der Waals surface area (Å²) >= 11 is 0. The van der Waals surface area contributed by atoms with Crippen LogP contribution in [0, 0.1) is 22.0 Å². The van der Waals surface area contributed by atoms with E-state index in [9.17, 15) is 44.9 Å². The predicted octanol–water partition coefficient (Wildman–Crippen LogP) is 1.15. The molecule has 0 aromatic heterocycles. The highest BCUT2D eigenvalue weighted by Crippen LogP contribution is 2.53. The lowest BCUT2D eigenvalue weighted by Gasteiger charge is -2.50. The molecule has 0 aliphatic heterocycles. The molecule has 3 aliphatic carbocycles. The Morgan fingerprint density at radius 3 is 2.46 bits per heavy atom. The molecular weight excluding hydrogens is 536 g/mol. The molecule has 0 unspecified atom stereocenters. The van der Waals surface area contributed by atoms with Gasteiger partial charge < -0.3 is 31.9 Å². The van der Waals surface area contributed by atoms with E-state index >= 15 is 0 Å². The van der Waals surface area contributed by atoms with Crippen molar-refractivity contribution >= 4 is 23.2 Å². The quantitative estimate of drug-likeness (QED) is 0.171. The maximum Gasteiger partial charge on any atom is 0.270 e. The third-order valence-electron chi connectivity index (χ3n) is 8.39. The molecule has 2 aromatic rings. The number of benzene rings is 2. The van der Waals surface area contributed by atoms with Gasteiger partial charge in [-0.2, -0.15) is 0 Å². The molecule has 13 heteroatoms. The Labute approximate surface area is 233 Å². The van der Waals surface area contributed by atoms with Crippen LogP contribution >= 0.6 is 0 Å². The molecule has 0 spiro atoms. The van der Waals surface area contributed by atoms with E-state index in [2.05, 4.69) is 0 Å². The number of hydrogen-bond donors (Lipinski definition) is 6. The molecule has 4 atom stereocenters. The lowest BCUT2D eigenvalue weighted by atomic mass is 9.58. The van der Waals surface area contributed by atoms with E-state index in [-0.39, 0.29) is 41.8 Å². The van der Waals surface area contributed by atoms with Crippen molar-refractivity contribution in [1.29, 1.82) is 0 Å². The fourth-order valence-corrected chi connectivity index (χ4v) is 6.57. The monoisotopic (exact) mass is 564 g/mol. The van der Waals surface area contributed by atoms with Crippen molar-refractivity contribution in [2.75, 3.05) is 14.1 Å². The summed E-state index contributed by atoms with van der Waals surface area (Å²) < 4.78 is 0. The minimum Gasteiger partial charge on any atom is -0.510 e.